The molecule has 1 aliphatic rings. The van der Waals surface area contributed by atoms with Gasteiger partial charge in [0.15, 0.2) is 0 Å². The third-order valence-electron chi connectivity index (χ3n) is 4.28. The average Bonchev–Trinajstić information content (AvgIpc) is 3.24. The summed E-state index contributed by atoms with van der Waals surface area (Å²) in [6, 6.07) is 9.80. The van der Waals surface area contributed by atoms with E-state index in [1.54, 1.807) is 0 Å². The highest BCUT2D eigenvalue weighted by Gasteiger charge is 2.20. The van der Waals surface area contributed by atoms with Crippen LogP contribution < -0.4 is 5.32 Å². The summed E-state index contributed by atoms with van der Waals surface area (Å²) in [5.74, 6) is 0. The van der Waals surface area contributed by atoms with Gasteiger partial charge in [0.25, 0.3) is 0 Å². The summed E-state index contributed by atoms with van der Waals surface area (Å²) >= 11 is 4.97. The predicted octanol–water partition coefficient (Wildman–Crippen LogP) is 3.84. The molecule has 1 aromatic heterocycles. The summed E-state index contributed by atoms with van der Waals surface area (Å²) in [5, 5.41) is 11.7. The summed E-state index contributed by atoms with van der Waals surface area (Å²) in [6.45, 7) is 7.42. The van der Waals surface area contributed by atoms with E-state index < -0.39 is 11.7 Å². The van der Waals surface area contributed by atoms with Gasteiger partial charge in [0, 0.05) is 24.8 Å². The first-order valence-corrected chi connectivity index (χ1v) is 10.2. The van der Waals surface area contributed by atoms with Crippen LogP contribution in [0, 0.1) is 0 Å². The highest BCUT2D eigenvalue weighted by atomic mass is 35.5. The first-order valence-electron chi connectivity index (χ1n) is 9.85. The molecule has 0 unspecified atom stereocenters. The maximum atomic E-state index is 10.2. The van der Waals surface area contributed by atoms with E-state index in [1.165, 1.54) is 0 Å². The molecule has 2 aromatic rings. The molecule has 9 heteroatoms. The lowest BCUT2D eigenvalue weighted by Crippen LogP contribution is -2.29. The Morgan fingerprint density at radius 3 is 2.45 bits per heavy atom. The molecule has 160 valence electrons. The van der Waals surface area contributed by atoms with Crippen LogP contribution in [0.5, 0.6) is 0 Å². The molecule has 1 aromatic carbocycles. The monoisotopic (exact) mass is 424 g/mol. The highest BCUT2D eigenvalue weighted by Crippen LogP contribution is 2.21. The van der Waals surface area contributed by atoms with Crippen LogP contribution in [0.25, 0.3) is 0 Å². The largest absolute Gasteiger partial charge is 0.449 e. The first-order chi connectivity index (χ1) is 14.1. The average molecular weight is 425 g/mol. The van der Waals surface area contributed by atoms with E-state index in [4.69, 9.17) is 21.1 Å². The van der Waals surface area contributed by atoms with Gasteiger partial charge in [0.05, 0.1) is 12.2 Å². The zero-order chi connectivity index (χ0) is 20.9. The topological polar surface area (TPSA) is 87.5 Å². The number of hydrogen-bond donors (Lipinski definition) is 1. The van der Waals surface area contributed by atoms with E-state index in [2.05, 4.69) is 20.4 Å². The summed E-state index contributed by atoms with van der Waals surface area (Å²) in [5.41, 5.74) is 0.924. The van der Waals surface area contributed by atoms with Crippen molar-refractivity contribution in [3.05, 3.63) is 47.8 Å². The Hall–Kier alpha value is -2.00. The Morgan fingerprint density at radius 2 is 1.86 bits per heavy atom. The van der Waals surface area contributed by atoms with E-state index in [9.17, 15) is 4.79 Å². The molecule has 0 atom stereocenters. The molecular weight excluding hydrogens is 396 g/mol. The van der Waals surface area contributed by atoms with E-state index >= 15 is 0 Å². The molecule has 0 radical (unpaired) electrons. The molecule has 8 nitrogen and oxygen atoms in total. The fraction of sp³-hybridized carbons (Fsp3) is 0.550. The lowest BCUT2D eigenvalue weighted by atomic mass is 10.1. The van der Waals surface area contributed by atoms with Gasteiger partial charge in [0.1, 0.15) is 12.3 Å². The van der Waals surface area contributed by atoms with Gasteiger partial charge in [-0.05, 0) is 45.3 Å². The quantitative estimate of drug-likeness (QED) is 0.508. The predicted molar refractivity (Wildman–Crippen MR) is 110 cm³/mol. The number of piperidine rings is 1. The number of rotatable bonds is 8. The van der Waals surface area contributed by atoms with Crippen LogP contribution in [-0.2, 0) is 20.8 Å². The number of hydrogen-bond acceptors (Lipinski definition) is 7. The molecule has 1 fully saturated rings. The normalized spacial score (nSPS) is 14.3. The first kappa shape index (κ1) is 23.3. The summed E-state index contributed by atoms with van der Waals surface area (Å²) in [7, 11) is 0. The molecular formula is C20H29ClN4O4. The molecule has 0 bridgehead atoms. The molecule has 29 heavy (non-hydrogen) atoms. The van der Waals surface area contributed by atoms with Crippen LogP contribution >= 0.6 is 11.6 Å². The van der Waals surface area contributed by atoms with Gasteiger partial charge in [-0.2, -0.15) is 0 Å². The van der Waals surface area contributed by atoms with Crippen LogP contribution in [0.1, 0.15) is 50.3 Å². The second-order valence-electron chi connectivity index (χ2n) is 6.36. The SMILES string of the molecule is CCOC(OCC)c1cn(C2CCNCC2)nn1.O=C(Cl)OCc1ccccc1. The van der Waals surface area contributed by atoms with Crippen molar-refractivity contribution in [2.45, 2.75) is 45.6 Å². The van der Waals surface area contributed by atoms with Crippen LogP contribution in [0.3, 0.4) is 0 Å². The zero-order valence-electron chi connectivity index (χ0n) is 16.9. The molecule has 1 aliphatic heterocycles. The van der Waals surface area contributed by atoms with Crippen molar-refractivity contribution in [2.75, 3.05) is 26.3 Å². The minimum atomic E-state index is -0.770. The Morgan fingerprint density at radius 1 is 1.21 bits per heavy atom. The molecule has 1 N–H and O–H groups in total. The molecule has 2 heterocycles. The Bertz CT molecular complexity index is 702. The van der Waals surface area contributed by atoms with Gasteiger partial charge in [-0.25, -0.2) is 9.48 Å². The Balaban J connectivity index is 0.000000234. The molecule has 0 amide bonds. The Kier molecular flexibility index (Phi) is 10.6. The smallest absolute Gasteiger partial charge is 0.404 e. The number of nitrogens with one attached hydrogen (secondary N) is 1. The standard InChI is InChI=1S/C12H22N4O2.C8H7ClO2/c1-3-17-12(18-4-2)11-9-16(15-14-11)10-5-7-13-8-6-10;9-8(10)11-6-7-4-2-1-3-5-7/h9-10,12-13H,3-8H2,1-2H3;1-5H,6H2. The molecule has 0 saturated carbocycles. The molecule has 1 saturated heterocycles. The fourth-order valence-corrected chi connectivity index (χ4v) is 2.94. The second-order valence-corrected chi connectivity index (χ2v) is 6.67. The molecule has 3 rings (SSSR count). The van der Waals surface area contributed by atoms with Crippen LogP contribution in [0.4, 0.5) is 4.79 Å². The van der Waals surface area contributed by atoms with Gasteiger partial charge in [-0.1, -0.05) is 35.5 Å². The number of aromatic nitrogens is 3. The van der Waals surface area contributed by atoms with E-state index in [1.807, 2.05) is 55.1 Å². The summed E-state index contributed by atoms with van der Waals surface area (Å²) in [4.78, 5) is 10.2. The molecule has 0 aliphatic carbocycles. The van der Waals surface area contributed by atoms with Crippen LogP contribution in [0.2, 0.25) is 0 Å². The maximum absolute atomic E-state index is 10.2. The number of halogens is 1. The number of benzene rings is 1. The number of carbonyl (C=O) groups excluding carboxylic acids is 1. The second kappa shape index (κ2) is 13.3. The number of ether oxygens (including phenoxy) is 3. The lowest BCUT2D eigenvalue weighted by molar-refractivity contribution is -0.142. The van der Waals surface area contributed by atoms with Crippen LogP contribution in [-0.4, -0.2) is 46.7 Å². The maximum Gasteiger partial charge on any atom is 0.404 e. The number of carbonyl (C=O) groups is 1. The minimum Gasteiger partial charge on any atom is -0.449 e. The van der Waals surface area contributed by atoms with Gasteiger partial charge in [-0.15, -0.1) is 5.10 Å². The minimum absolute atomic E-state index is 0.239. The highest BCUT2D eigenvalue weighted by molar-refractivity contribution is 6.61. The van der Waals surface area contributed by atoms with Crippen molar-refractivity contribution in [1.29, 1.82) is 0 Å². The van der Waals surface area contributed by atoms with Crippen molar-refractivity contribution in [2.24, 2.45) is 0 Å². The van der Waals surface area contributed by atoms with Crippen molar-refractivity contribution in [1.82, 2.24) is 20.3 Å². The van der Waals surface area contributed by atoms with Gasteiger partial charge >= 0.3 is 5.43 Å². The van der Waals surface area contributed by atoms with Crippen molar-refractivity contribution >= 4 is 17.0 Å². The van der Waals surface area contributed by atoms with Gasteiger partial charge < -0.3 is 19.5 Å². The zero-order valence-corrected chi connectivity index (χ0v) is 17.7. The third-order valence-corrected chi connectivity index (χ3v) is 4.39. The third kappa shape index (κ3) is 8.49. The van der Waals surface area contributed by atoms with Crippen molar-refractivity contribution < 1.29 is 19.0 Å². The van der Waals surface area contributed by atoms with E-state index in [0.29, 0.717) is 19.3 Å². The van der Waals surface area contributed by atoms with E-state index in [0.717, 1.165) is 37.2 Å². The molecule has 0 spiro atoms. The van der Waals surface area contributed by atoms with Gasteiger partial charge in [0.2, 0.25) is 6.29 Å². The number of nitrogens with zero attached hydrogens (tertiary/aromatic N) is 3. The van der Waals surface area contributed by atoms with Crippen molar-refractivity contribution in [3.63, 3.8) is 0 Å². The Labute approximate surface area is 176 Å². The van der Waals surface area contributed by atoms with Crippen molar-refractivity contribution in [3.8, 4) is 0 Å². The lowest BCUT2D eigenvalue weighted by Gasteiger charge is -2.22. The van der Waals surface area contributed by atoms with Crippen LogP contribution in [0.15, 0.2) is 36.5 Å². The fourth-order valence-electron chi connectivity index (χ4n) is 2.88. The summed E-state index contributed by atoms with van der Waals surface area (Å²) in [6.07, 6.45) is 3.75. The van der Waals surface area contributed by atoms with E-state index in [-0.39, 0.29) is 6.61 Å². The summed E-state index contributed by atoms with van der Waals surface area (Å²) < 4.78 is 17.5. The van der Waals surface area contributed by atoms with Gasteiger partial charge in [-0.3, -0.25) is 0 Å².